The average Bonchev–Trinajstić information content (AvgIpc) is 3.23. The van der Waals surface area contributed by atoms with Gasteiger partial charge in [0.1, 0.15) is 16.9 Å². The lowest BCUT2D eigenvalue weighted by molar-refractivity contribution is 0.111. The smallest absolute Gasteiger partial charge is 0.321 e. The molecule has 2 amide bonds. The number of hydrogen-bond acceptors (Lipinski definition) is 5. The van der Waals surface area contributed by atoms with Gasteiger partial charge in [-0.05, 0) is 36.6 Å². The quantitative estimate of drug-likeness (QED) is 0.788. The average molecular weight is 399 g/mol. The van der Waals surface area contributed by atoms with Crippen LogP contribution in [0.1, 0.15) is 43.4 Å². The molecule has 1 atom stereocenters. The lowest BCUT2D eigenvalue weighted by Gasteiger charge is -2.26. The molecule has 0 aliphatic carbocycles. The van der Waals surface area contributed by atoms with Crippen molar-refractivity contribution in [1.82, 2.24) is 15.5 Å². The van der Waals surface area contributed by atoms with Gasteiger partial charge in [-0.15, -0.1) is 10.2 Å². The lowest BCUT2D eigenvalue weighted by Crippen LogP contribution is -2.39. The van der Waals surface area contributed by atoms with E-state index in [1.807, 2.05) is 13.8 Å². The first-order chi connectivity index (χ1) is 12.3. The summed E-state index contributed by atoms with van der Waals surface area (Å²) in [4.78, 5) is 12.1. The number of ether oxygens (including phenoxy) is 1. The fourth-order valence-electron chi connectivity index (χ4n) is 2.68. The molecule has 1 saturated heterocycles. The molecule has 1 unspecified atom stereocenters. The highest BCUT2D eigenvalue weighted by molar-refractivity contribution is 7.15. The van der Waals surface area contributed by atoms with Crippen LogP contribution >= 0.6 is 22.9 Å². The second-order valence-corrected chi connectivity index (χ2v) is 8.24. The summed E-state index contributed by atoms with van der Waals surface area (Å²) in [6.07, 6.45) is 1.90. The van der Waals surface area contributed by atoms with Gasteiger partial charge in [-0.25, -0.2) is 9.18 Å². The number of amides is 2. The molecule has 26 heavy (non-hydrogen) atoms. The molecule has 2 heterocycles. The van der Waals surface area contributed by atoms with Gasteiger partial charge in [-0.2, -0.15) is 0 Å². The second-order valence-electron chi connectivity index (χ2n) is 6.80. The van der Waals surface area contributed by atoms with Gasteiger partial charge in [0.05, 0.1) is 0 Å². The van der Waals surface area contributed by atoms with Crippen molar-refractivity contribution in [2.24, 2.45) is 0 Å². The normalized spacial score (nSPS) is 17.3. The van der Waals surface area contributed by atoms with Gasteiger partial charge >= 0.3 is 6.03 Å². The molecule has 6 nitrogen and oxygen atoms in total. The maximum Gasteiger partial charge on any atom is 0.321 e. The van der Waals surface area contributed by atoms with E-state index < -0.39 is 17.3 Å². The molecule has 0 spiro atoms. The van der Waals surface area contributed by atoms with Gasteiger partial charge in [0.15, 0.2) is 0 Å². The number of hydrogen-bond donors (Lipinski definition) is 2. The van der Waals surface area contributed by atoms with Gasteiger partial charge in [0.25, 0.3) is 0 Å². The third-order valence-electron chi connectivity index (χ3n) is 4.20. The lowest BCUT2D eigenvalue weighted by atomic mass is 9.84. The van der Waals surface area contributed by atoms with Crippen LogP contribution in [0.4, 0.5) is 14.3 Å². The molecule has 2 N–H and O–H groups in total. The first-order valence-corrected chi connectivity index (χ1v) is 9.49. The minimum absolute atomic E-state index is 0.0252. The van der Waals surface area contributed by atoms with Crippen LogP contribution in [0.5, 0.6) is 0 Å². The van der Waals surface area contributed by atoms with E-state index in [1.54, 1.807) is 6.07 Å². The van der Waals surface area contributed by atoms with E-state index >= 15 is 0 Å². The zero-order chi connectivity index (χ0) is 18.7. The minimum Gasteiger partial charge on any atom is -0.371 e. The van der Waals surface area contributed by atoms with Crippen LogP contribution < -0.4 is 10.6 Å². The maximum absolute atomic E-state index is 13.6. The number of halogens is 2. The molecule has 0 radical (unpaired) electrons. The predicted molar refractivity (Wildman–Crippen MR) is 99.3 cm³/mol. The van der Waals surface area contributed by atoms with Crippen molar-refractivity contribution in [2.45, 2.75) is 38.2 Å². The van der Waals surface area contributed by atoms with Crippen LogP contribution in [0, 0.1) is 5.82 Å². The summed E-state index contributed by atoms with van der Waals surface area (Å²) in [6.45, 7) is 4.83. The summed E-state index contributed by atoms with van der Waals surface area (Å²) >= 11 is 7.22. The van der Waals surface area contributed by atoms with Crippen LogP contribution in [0.2, 0.25) is 5.02 Å². The topological polar surface area (TPSA) is 76.1 Å². The minimum atomic E-state index is -0.493. The van der Waals surface area contributed by atoms with Crippen molar-refractivity contribution in [3.63, 3.8) is 0 Å². The first-order valence-electron chi connectivity index (χ1n) is 8.30. The predicted octanol–water partition coefficient (Wildman–Crippen LogP) is 4.28. The molecule has 1 aliphatic heterocycles. The van der Waals surface area contributed by atoms with Crippen LogP contribution in [0.15, 0.2) is 18.2 Å². The number of aromatic nitrogens is 2. The molecule has 2 aromatic rings. The van der Waals surface area contributed by atoms with Gasteiger partial charge in [-0.1, -0.05) is 36.8 Å². The summed E-state index contributed by atoms with van der Waals surface area (Å²) in [6, 6.07) is 3.98. The van der Waals surface area contributed by atoms with Crippen molar-refractivity contribution in [2.75, 3.05) is 18.5 Å². The fraction of sp³-hybridized carbons (Fsp3) is 0.471. The number of nitrogens with zero attached hydrogens (tertiary/aromatic N) is 2. The Morgan fingerprint density at radius 1 is 1.42 bits per heavy atom. The Morgan fingerprint density at radius 2 is 2.23 bits per heavy atom. The Labute approximate surface area is 160 Å². The number of benzene rings is 1. The first kappa shape index (κ1) is 19.0. The van der Waals surface area contributed by atoms with E-state index in [-0.39, 0.29) is 6.10 Å². The SMILES string of the molecule is CC(C)(CNC(=O)Nc1nnc(C2CCCO2)s1)c1cc(F)cc(Cl)c1. The summed E-state index contributed by atoms with van der Waals surface area (Å²) < 4.78 is 19.1. The fourth-order valence-corrected chi connectivity index (χ4v) is 3.72. The maximum atomic E-state index is 13.6. The molecule has 0 bridgehead atoms. The summed E-state index contributed by atoms with van der Waals surface area (Å²) in [5.74, 6) is -0.402. The van der Waals surface area contributed by atoms with Crippen LogP contribution in [0.3, 0.4) is 0 Å². The van der Waals surface area contributed by atoms with Crippen molar-refractivity contribution in [1.29, 1.82) is 0 Å². The number of rotatable bonds is 5. The number of anilines is 1. The second kappa shape index (κ2) is 7.85. The number of urea groups is 1. The Kier molecular flexibility index (Phi) is 5.74. The Balaban J connectivity index is 1.56. The summed E-state index contributed by atoms with van der Waals surface area (Å²) in [7, 11) is 0. The molecule has 9 heteroatoms. The van der Waals surface area contributed by atoms with E-state index in [4.69, 9.17) is 16.3 Å². The molecule has 1 aliphatic rings. The number of nitrogens with one attached hydrogen (secondary N) is 2. The zero-order valence-electron chi connectivity index (χ0n) is 14.5. The van der Waals surface area contributed by atoms with E-state index in [1.165, 1.54) is 23.5 Å². The van der Waals surface area contributed by atoms with Crippen molar-refractivity contribution in [3.05, 3.63) is 39.6 Å². The number of carbonyl (C=O) groups is 1. The third-order valence-corrected chi connectivity index (χ3v) is 5.35. The Hall–Kier alpha value is -1.77. The van der Waals surface area contributed by atoms with Gasteiger partial charge in [0, 0.05) is 23.6 Å². The van der Waals surface area contributed by atoms with E-state index in [0.717, 1.165) is 24.5 Å². The van der Waals surface area contributed by atoms with Crippen LogP contribution in [-0.4, -0.2) is 29.4 Å². The largest absolute Gasteiger partial charge is 0.371 e. The van der Waals surface area contributed by atoms with Gasteiger partial charge < -0.3 is 10.1 Å². The van der Waals surface area contributed by atoms with E-state index in [0.29, 0.717) is 22.3 Å². The highest BCUT2D eigenvalue weighted by Gasteiger charge is 2.24. The monoisotopic (exact) mass is 398 g/mol. The third kappa shape index (κ3) is 4.69. The molecule has 1 fully saturated rings. The van der Waals surface area contributed by atoms with Crippen molar-refractivity contribution in [3.8, 4) is 0 Å². The molecule has 1 aromatic carbocycles. The summed E-state index contributed by atoms with van der Waals surface area (Å²) in [5.41, 5.74) is 0.215. The van der Waals surface area contributed by atoms with Crippen LogP contribution in [-0.2, 0) is 10.2 Å². The van der Waals surface area contributed by atoms with E-state index in [2.05, 4.69) is 20.8 Å². The Morgan fingerprint density at radius 3 is 2.92 bits per heavy atom. The highest BCUT2D eigenvalue weighted by atomic mass is 35.5. The highest BCUT2D eigenvalue weighted by Crippen LogP contribution is 2.32. The molecular weight excluding hydrogens is 379 g/mol. The molecule has 3 rings (SSSR count). The van der Waals surface area contributed by atoms with E-state index in [9.17, 15) is 9.18 Å². The molecular formula is C17H20ClFN4O2S. The zero-order valence-corrected chi connectivity index (χ0v) is 16.1. The molecule has 0 saturated carbocycles. The van der Waals surface area contributed by atoms with Crippen molar-refractivity contribution >= 4 is 34.1 Å². The van der Waals surface area contributed by atoms with Gasteiger partial charge in [0.2, 0.25) is 5.13 Å². The molecule has 140 valence electrons. The van der Waals surface area contributed by atoms with Gasteiger partial charge in [-0.3, -0.25) is 5.32 Å². The summed E-state index contributed by atoms with van der Waals surface area (Å²) in [5, 5.41) is 15.0. The van der Waals surface area contributed by atoms with Crippen molar-refractivity contribution < 1.29 is 13.9 Å². The Bertz CT molecular complexity index is 773. The van der Waals surface area contributed by atoms with Crippen LogP contribution in [0.25, 0.3) is 0 Å². The number of carbonyl (C=O) groups excluding carboxylic acids is 1. The molecule has 1 aromatic heterocycles. The standard InChI is InChI=1S/C17H20ClFN4O2S/c1-17(2,10-6-11(18)8-12(19)7-10)9-20-15(24)21-16-23-22-14(26-16)13-4-3-5-25-13/h6-8,13H,3-5,9H2,1-2H3,(H2,20,21,23,24).